The van der Waals surface area contributed by atoms with E-state index in [9.17, 15) is 4.79 Å². The number of aryl methyl sites for hydroxylation is 1. The molecule has 0 aliphatic rings. The highest BCUT2D eigenvalue weighted by Gasteiger charge is 2.15. The summed E-state index contributed by atoms with van der Waals surface area (Å²) in [6.45, 7) is 3.49. The summed E-state index contributed by atoms with van der Waals surface area (Å²) in [5, 5.41) is 9.20. The van der Waals surface area contributed by atoms with E-state index in [0.717, 1.165) is 5.75 Å². The van der Waals surface area contributed by atoms with E-state index in [2.05, 4.69) is 20.8 Å². The van der Waals surface area contributed by atoms with Crippen molar-refractivity contribution in [2.75, 3.05) is 5.32 Å². The van der Waals surface area contributed by atoms with Crippen LogP contribution in [-0.4, -0.2) is 16.2 Å². The third kappa shape index (κ3) is 4.57. The summed E-state index contributed by atoms with van der Waals surface area (Å²) in [7, 11) is 0. The largest absolute Gasteiger partial charge is 0.457 e. The fourth-order valence-corrected chi connectivity index (χ4v) is 2.18. The zero-order valence-electron chi connectivity index (χ0n) is 13.9. The number of para-hydroxylation sites is 1. The Morgan fingerprint density at radius 3 is 2.60 bits per heavy atom. The first-order valence-corrected chi connectivity index (χ1v) is 7.81. The Balaban J connectivity index is 1.60. The molecule has 1 aromatic heterocycles. The molecule has 2 aromatic carbocycles. The Morgan fingerprint density at radius 2 is 1.88 bits per heavy atom. The second-order valence-corrected chi connectivity index (χ2v) is 5.44. The lowest BCUT2D eigenvalue weighted by atomic mass is 10.3. The molecule has 7 nitrogen and oxygen atoms in total. The van der Waals surface area contributed by atoms with Gasteiger partial charge in [0.2, 0.25) is 5.89 Å². The maximum Gasteiger partial charge on any atom is 0.319 e. The van der Waals surface area contributed by atoms with E-state index in [1.165, 1.54) is 0 Å². The normalized spacial score (nSPS) is 11.6. The molecule has 0 bridgehead atoms. The zero-order valence-corrected chi connectivity index (χ0v) is 13.9. The number of rotatable bonds is 5. The van der Waals surface area contributed by atoms with Crippen LogP contribution in [0.4, 0.5) is 10.5 Å². The average molecular weight is 338 g/mol. The van der Waals surface area contributed by atoms with Crippen molar-refractivity contribution in [2.24, 2.45) is 0 Å². The standard InChI is InChI=1S/C18H18N4O3/c1-12(17-20-13(2)22-25-17)19-18(23)21-14-7-6-10-16(11-14)24-15-8-4-3-5-9-15/h3-12H,1-2H3,(H2,19,21,23). The van der Waals surface area contributed by atoms with Crippen LogP contribution in [0.3, 0.4) is 0 Å². The molecule has 0 radical (unpaired) electrons. The van der Waals surface area contributed by atoms with Crippen LogP contribution in [0.15, 0.2) is 59.1 Å². The van der Waals surface area contributed by atoms with E-state index in [-0.39, 0.29) is 6.03 Å². The zero-order chi connectivity index (χ0) is 17.6. The monoisotopic (exact) mass is 338 g/mol. The minimum Gasteiger partial charge on any atom is -0.457 e. The quantitative estimate of drug-likeness (QED) is 0.732. The fraction of sp³-hybridized carbons (Fsp3) is 0.167. The maximum atomic E-state index is 12.1. The third-order valence-electron chi connectivity index (χ3n) is 3.33. The molecule has 0 saturated heterocycles. The molecule has 0 fully saturated rings. The van der Waals surface area contributed by atoms with Crippen LogP contribution in [0.2, 0.25) is 0 Å². The van der Waals surface area contributed by atoms with Gasteiger partial charge in [0.25, 0.3) is 0 Å². The lowest BCUT2D eigenvalue weighted by Gasteiger charge is -2.12. The topological polar surface area (TPSA) is 89.3 Å². The number of urea groups is 1. The van der Waals surface area contributed by atoms with E-state index in [1.54, 1.807) is 32.0 Å². The molecule has 3 rings (SSSR count). The summed E-state index contributed by atoms with van der Waals surface area (Å²) in [6.07, 6.45) is 0. The minimum atomic E-state index is -0.398. The number of hydrogen-bond donors (Lipinski definition) is 2. The number of nitrogens with one attached hydrogen (secondary N) is 2. The van der Waals surface area contributed by atoms with Crippen molar-refractivity contribution in [1.82, 2.24) is 15.5 Å². The van der Waals surface area contributed by atoms with Gasteiger partial charge in [-0.3, -0.25) is 0 Å². The van der Waals surface area contributed by atoms with Crippen molar-refractivity contribution in [3.8, 4) is 11.5 Å². The van der Waals surface area contributed by atoms with Crippen LogP contribution < -0.4 is 15.4 Å². The van der Waals surface area contributed by atoms with Gasteiger partial charge in [-0.1, -0.05) is 29.4 Å². The molecule has 0 spiro atoms. The van der Waals surface area contributed by atoms with Crippen molar-refractivity contribution >= 4 is 11.7 Å². The van der Waals surface area contributed by atoms with Crippen LogP contribution in [0.1, 0.15) is 24.7 Å². The van der Waals surface area contributed by atoms with Crippen molar-refractivity contribution in [3.05, 3.63) is 66.3 Å². The van der Waals surface area contributed by atoms with Gasteiger partial charge in [-0.15, -0.1) is 0 Å². The highest BCUT2D eigenvalue weighted by Crippen LogP contribution is 2.23. The molecule has 0 aliphatic heterocycles. The van der Waals surface area contributed by atoms with Gasteiger partial charge in [0.15, 0.2) is 5.82 Å². The number of benzene rings is 2. The Kier molecular flexibility index (Phi) is 4.94. The van der Waals surface area contributed by atoms with E-state index >= 15 is 0 Å². The average Bonchev–Trinajstić information content (AvgIpc) is 3.02. The van der Waals surface area contributed by atoms with E-state index in [0.29, 0.717) is 23.2 Å². The lowest BCUT2D eigenvalue weighted by molar-refractivity contribution is 0.245. The van der Waals surface area contributed by atoms with Gasteiger partial charge in [0, 0.05) is 11.8 Å². The van der Waals surface area contributed by atoms with E-state index in [1.807, 2.05) is 36.4 Å². The summed E-state index contributed by atoms with van der Waals surface area (Å²) in [6, 6.07) is 15.8. The number of carbonyl (C=O) groups excluding carboxylic acids is 1. The highest BCUT2D eigenvalue weighted by atomic mass is 16.5. The summed E-state index contributed by atoms with van der Waals surface area (Å²) < 4.78 is 10.8. The molecule has 1 atom stereocenters. The number of amides is 2. The molecule has 1 unspecified atom stereocenters. The van der Waals surface area contributed by atoms with Crippen LogP contribution >= 0.6 is 0 Å². The molecule has 1 heterocycles. The molecule has 25 heavy (non-hydrogen) atoms. The highest BCUT2D eigenvalue weighted by molar-refractivity contribution is 5.89. The SMILES string of the molecule is Cc1noc(C(C)NC(=O)Nc2cccc(Oc3ccccc3)c2)n1. The first kappa shape index (κ1) is 16.5. The Morgan fingerprint density at radius 1 is 1.12 bits per heavy atom. The first-order valence-electron chi connectivity index (χ1n) is 7.81. The number of hydrogen-bond acceptors (Lipinski definition) is 5. The summed E-state index contributed by atoms with van der Waals surface area (Å²) in [5.41, 5.74) is 0.611. The van der Waals surface area contributed by atoms with Gasteiger partial charge in [0.1, 0.15) is 17.5 Å². The van der Waals surface area contributed by atoms with Crippen molar-refractivity contribution in [3.63, 3.8) is 0 Å². The molecule has 0 saturated carbocycles. The molecule has 2 amide bonds. The first-order chi connectivity index (χ1) is 12.1. The van der Waals surface area contributed by atoms with Gasteiger partial charge in [-0.25, -0.2) is 4.79 Å². The number of ether oxygens (including phenoxy) is 1. The summed E-state index contributed by atoms with van der Waals surface area (Å²) in [4.78, 5) is 16.2. The lowest BCUT2D eigenvalue weighted by Crippen LogP contribution is -2.31. The second-order valence-electron chi connectivity index (χ2n) is 5.44. The number of aromatic nitrogens is 2. The van der Waals surface area contributed by atoms with Gasteiger partial charge >= 0.3 is 6.03 Å². The number of anilines is 1. The van der Waals surface area contributed by atoms with Crippen molar-refractivity contribution < 1.29 is 14.1 Å². The molecule has 7 heteroatoms. The molecular formula is C18H18N4O3. The maximum absolute atomic E-state index is 12.1. The van der Waals surface area contributed by atoms with E-state index < -0.39 is 6.04 Å². The predicted octanol–water partition coefficient (Wildman–Crippen LogP) is 4.05. The molecule has 3 aromatic rings. The van der Waals surface area contributed by atoms with Crippen LogP contribution in [-0.2, 0) is 0 Å². The van der Waals surface area contributed by atoms with Crippen LogP contribution in [0.5, 0.6) is 11.5 Å². The van der Waals surface area contributed by atoms with Crippen molar-refractivity contribution in [1.29, 1.82) is 0 Å². The number of nitrogens with zero attached hydrogens (tertiary/aromatic N) is 2. The Bertz CT molecular complexity index is 848. The van der Waals surface area contributed by atoms with Crippen LogP contribution in [0.25, 0.3) is 0 Å². The molecule has 2 N–H and O–H groups in total. The van der Waals surface area contributed by atoms with Gasteiger partial charge < -0.3 is 19.9 Å². The van der Waals surface area contributed by atoms with Gasteiger partial charge in [0.05, 0.1) is 0 Å². The smallest absolute Gasteiger partial charge is 0.319 e. The molecule has 0 aliphatic carbocycles. The second kappa shape index (κ2) is 7.48. The molecule has 128 valence electrons. The Hall–Kier alpha value is -3.35. The van der Waals surface area contributed by atoms with E-state index in [4.69, 9.17) is 9.26 Å². The van der Waals surface area contributed by atoms with Gasteiger partial charge in [-0.05, 0) is 38.1 Å². The summed E-state index contributed by atoms with van der Waals surface area (Å²) >= 11 is 0. The minimum absolute atomic E-state index is 0.355. The fourth-order valence-electron chi connectivity index (χ4n) is 2.18. The van der Waals surface area contributed by atoms with Crippen molar-refractivity contribution in [2.45, 2.75) is 19.9 Å². The Labute approximate surface area is 145 Å². The van der Waals surface area contributed by atoms with Crippen LogP contribution in [0, 0.1) is 6.92 Å². The van der Waals surface area contributed by atoms with Gasteiger partial charge in [-0.2, -0.15) is 4.98 Å². The molecular weight excluding hydrogens is 320 g/mol. The number of carbonyl (C=O) groups is 1. The third-order valence-corrected chi connectivity index (χ3v) is 3.33. The summed E-state index contributed by atoms with van der Waals surface area (Å²) in [5.74, 6) is 2.23. The predicted molar refractivity (Wildman–Crippen MR) is 92.6 cm³/mol.